The van der Waals surface area contributed by atoms with E-state index in [1.165, 1.54) is 5.56 Å². The molecule has 9 heteroatoms. The zero-order chi connectivity index (χ0) is 28.2. The van der Waals surface area contributed by atoms with Gasteiger partial charge in [0, 0.05) is 74.7 Å². The summed E-state index contributed by atoms with van der Waals surface area (Å²) in [4.78, 5) is 33.0. The number of para-hydroxylation sites is 1. The molecule has 2 amide bonds. The summed E-state index contributed by atoms with van der Waals surface area (Å²) in [7, 11) is 0. The zero-order valence-electron chi connectivity index (χ0n) is 23.6. The lowest BCUT2D eigenvalue weighted by molar-refractivity contribution is -0.132. The number of hydrogen-bond acceptors (Lipinski definition) is 6. The van der Waals surface area contributed by atoms with E-state index in [1.54, 1.807) is 6.92 Å². The van der Waals surface area contributed by atoms with Gasteiger partial charge in [-0.3, -0.25) is 14.5 Å². The van der Waals surface area contributed by atoms with E-state index < -0.39 is 0 Å². The van der Waals surface area contributed by atoms with Crippen LogP contribution in [0.4, 0.5) is 5.69 Å². The van der Waals surface area contributed by atoms with Crippen LogP contribution >= 0.6 is 11.6 Å². The average molecular weight is 564 g/mol. The van der Waals surface area contributed by atoms with Gasteiger partial charge in [-0.25, -0.2) is 0 Å². The largest absolute Gasteiger partial charge is 0.425 e. The van der Waals surface area contributed by atoms with Gasteiger partial charge in [-0.15, -0.1) is 10.2 Å². The van der Waals surface area contributed by atoms with Gasteiger partial charge < -0.3 is 14.2 Å². The molecule has 2 aliphatic heterocycles. The molecule has 3 aromatic rings. The third-order valence-electron chi connectivity index (χ3n) is 8.07. The summed E-state index contributed by atoms with van der Waals surface area (Å²) in [5.41, 5.74) is 3.05. The van der Waals surface area contributed by atoms with E-state index in [9.17, 15) is 9.59 Å². The molecule has 0 N–H and O–H groups in total. The van der Waals surface area contributed by atoms with Crippen LogP contribution in [0.2, 0.25) is 5.02 Å². The summed E-state index contributed by atoms with van der Waals surface area (Å²) in [6, 6.07) is 16.5. The summed E-state index contributed by atoms with van der Waals surface area (Å²) in [5, 5.41) is 8.98. The molecule has 0 spiro atoms. The Kier molecular flexibility index (Phi) is 8.86. The molecule has 1 saturated heterocycles. The van der Waals surface area contributed by atoms with Gasteiger partial charge in [0.15, 0.2) is 0 Å². The van der Waals surface area contributed by atoms with Gasteiger partial charge in [-0.2, -0.15) is 0 Å². The van der Waals surface area contributed by atoms with Crippen molar-refractivity contribution in [3.8, 4) is 0 Å². The van der Waals surface area contributed by atoms with Crippen LogP contribution in [0, 0.1) is 0 Å². The van der Waals surface area contributed by atoms with Gasteiger partial charge in [-0.05, 0) is 48.6 Å². The summed E-state index contributed by atoms with van der Waals surface area (Å²) in [6.07, 6.45) is 3.60. The van der Waals surface area contributed by atoms with Crippen molar-refractivity contribution >= 4 is 29.1 Å². The molecular formula is C31H38ClN5O3. The number of amides is 2. The van der Waals surface area contributed by atoms with Crippen molar-refractivity contribution in [2.45, 2.75) is 84.0 Å². The minimum atomic E-state index is 0.0146. The average Bonchev–Trinajstić information content (AvgIpc) is 3.55. The highest BCUT2D eigenvalue weighted by atomic mass is 35.5. The van der Waals surface area contributed by atoms with E-state index in [1.807, 2.05) is 60.0 Å². The number of halogens is 1. The van der Waals surface area contributed by atoms with E-state index in [-0.39, 0.29) is 30.2 Å². The Bertz CT molecular complexity index is 1320. The Balaban J connectivity index is 1.43. The van der Waals surface area contributed by atoms with E-state index in [2.05, 4.69) is 27.2 Å². The molecule has 40 heavy (non-hydrogen) atoms. The number of rotatable bonds is 6. The van der Waals surface area contributed by atoms with Crippen molar-refractivity contribution in [1.29, 1.82) is 0 Å². The second kappa shape index (κ2) is 12.5. The highest BCUT2D eigenvalue weighted by molar-refractivity contribution is 6.30. The summed E-state index contributed by atoms with van der Waals surface area (Å²) in [6.45, 7) is 8.12. The third kappa shape index (κ3) is 6.56. The first-order chi connectivity index (χ1) is 19.3. The predicted molar refractivity (Wildman–Crippen MR) is 155 cm³/mol. The topological polar surface area (TPSA) is 82.8 Å². The summed E-state index contributed by atoms with van der Waals surface area (Å²) < 4.78 is 5.76. The maximum absolute atomic E-state index is 13.8. The van der Waals surface area contributed by atoms with Gasteiger partial charge in [-0.1, -0.05) is 55.8 Å². The Labute approximate surface area is 241 Å². The van der Waals surface area contributed by atoms with Crippen molar-refractivity contribution in [3.63, 3.8) is 0 Å². The molecule has 0 unspecified atom stereocenters. The number of carbonyl (C=O) groups excluding carboxylic acids is 2. The number of benzene rings is 2. The van der Waals surface area contributed by atoms with Crippen molar-refractivity contribution in [1.82, 2.24) is 20.0 Å². The Morgan fingerprint density at radius 1 is 1.02 bits per heavy atom. The van der Waals surface area contributed by atoms with Crippen LogP contribution in [0.3, 0.4) is 0 Å². The zero-order valence-corrected chi connectivity index (χ0v) is 24.3. The molecule has 0 radical (unpaired) electrons. The Hall–Kier alpha value is -3.23. The molecule has 2 aromatic carbocycles. The standard InChI is InChI=1S/C31H38ClN5O3/c1-21(2)31-34-33-29(40-31)14-15-30(39)35-19-24-6-4-5-7-28(24)36(22(3)38)17-16-26-12-13-27(20-35)37(26)18-23-8-10-25(32)11-9-23/h4-11,21,26-27H,12-20H2,1-3H3/t26-,27+/m1/s1. The Morgan fingerprint density at radius 2 is 1.77 bits per heavy atom. The fourth-order valence-electron chi connectivity index (χ4n) is 5.90. The third-order valence-corrected chi connectivity index (χ3v) is 8.32. The van der Waals surface area contributed by atoms with Gasteiger partial charge in [0.2, 0.25) is 23.6 Å². The van der Waals surface area contributed by atoms with Crippen LogP contribution in [-0.4, -0.2) is 57.0 Å². The minimum absolute atomic E-state index is 0.0146. The lowest BCUT2D eigenvalue weighted by atomic mass is 10.1. The molecule has 2 aliphatic rings. The normalized spacial score (nSPS) is 19.9. The second-order valence-electron chi connectivity index (χ2n) is 11.2. The molecule has 0 saturated carbocycles. The fraction of sp³-hybridized carbons (Fsp3) is 0.484. The molecule has 3 heterocycles. The van der Waals surface area contributed by atoms with Crippen LogP contribution in [0.1, 0.15) is 75.3 Å². The smallest absolute Gasteiger partial charge is 0.223 e. The number of aromatic nitrogens is 2. The van der Waals surface area contributed by atoms with Crippen molar-refractivity contribution in [3.05, 3.63) is 76.5 Å². The quantitative estimate of drug-likeness (QED) is 0.388. The van der Waals surface area contributed by atoms with Gasteiger partial charge in [0.1, 0.15) is 0 Å². The van der Waals surface area contributed by atoms with Gasteiger partial charge >= 0.3 is 0 Å². The highest BCUT2D eigenvalue weighted by Gasteiger charge is 2.36. The molecule has 0 aliphatic carbocycles. The number of carbonyl (C=O) groups is 2. The lowest BCUT2D eigenvalue weighted by Gasteiger charge is -2.34. The number of fused-ring (bicyclic) bond motifs is 3. The molecule has 2 atom stereocenters. The van der Waals surface area contributed by atoms with E-state index >= 15 is 0 Å². The molecule has 1 aromatic heterocycles. The molecule has 2 bridgehead atoms. The van der Waals surface area contributed by atoms with Gasteiger partial charge in [0.25, 0.3) is 0 Å². The van der Waals surface area contributed by atoms with Crippen molar-refractivity contribution in [2.75, 3.05) is 18.0 Å². The first kappa shape index (κ1) is 28.3. The van der Waals surface area contributed by atoms with E-state index in [4.69, 9.17) is 16.0 Å². The van der Waals surface area contributed by atoms with Gasteiger partial charge in [0.05, 0.1) is 0 Å². The number of anilines is 1. The molecule has 5 rings (SSSR count). The van der Waals surface area contributed by atoms with Crippen LogP contribution in [-0.2, 0) is 29.1 Å². The maximum Gasteiger partial charge on any atom is 0.223 e. The first-order valence-corrected chi connectivity index (χ1v) is 14.6. The van der Waals surface area contributed by atoms with Crippen LogP contribution in [0.25, 0.3) is 0 Å². The predicted octanol–water partition coefficient (Wildman–Crippen LogP) is 5.60. The molecule has 1 fully saturated rings. The lowest BCUT2D eigenvalue weighted by Crippen LogP contribution is -2.45. The maximum atomic E-state index is 13.8. The Morgan fingerprint density at radius 3 is 2.50 bits per heavy atom. The molecule has 212 valence electrons. The van der Waals surface area contributed by atoms with E-state index in [0.717, 1.165) is 42.1 Å². The van der Waals surface area contributed by atoms with Crippen LogP contribution < -0.4 is 4.90 Å². The molecule has 8 nitrogen and oxygen atoms in total. The van der Waals surface area contributed by atoms with Crippen LogP contribution in [0.5, 0.6) is 0 Å². The summed E-state index contributed by atoms with van der Waals surface area (Å²) in [5.74, 6) is 1.28. The molecular weight excluding hydrogens is 526 g/mol. The number of nitrogens with zero attached hydrogens (tertiary/aromatic N) is 5. The number of hydrogen-bond donors (Lipinski definition) is 0. The minimum Gasteiger partial charge on any atom is -0.425 e. The fourth-order valence-corrected chi connectivity index (χ4v) is 6.03. The van der Waals surface area contributed by atoms with Crippen molar-refractivity contribution in [2.24, 2.45) is 0 Å². The highest BCUT2D eigenvalue weighted by Crippen LogP contribution is 2.33. The monoisotopic (exact) mass is 563 g/mol. The second-order valence-corrected chi connectivity index (χ2v) is 11.7. The number of aryl methyl sites for hydroxylation is 1. The van der Waals surface area contributed by atoms with Crippen molar-refractivity contribution < 1.29 is 14.0 Å². The summed E-state index contributed by atoms with van der Waals surface area (Å²) >= 11 is 6.15. The van der Waals surface area contributed by atoms with Crippen LogP contribution in [0.15, 0.2) is 52.9 Å². The SMILES string of the molecule is CC(=O)N1CC[C@H]2CC[C@@H](CN(C(=O)CCc3nnc(C(C)C)o3)Cc3ccccc31)N2Cc1ccc(Cl)cc1. The van der Waals surface area contributed by atoms with E-state index in [0.29, 0.717) is 43.9 Å². The first-order valence-electron chi connectivity index (χ1n) is 14.2.